The zero-order valence-corrected chi connectivity index (χ0v) is 19.3. The molecule has 0 unspecified atom stereocenters. The Morgan fingerprint density at radius 1 is 0.848 bits per heavy atom. The minimum absolute atomic E-state index is 0.0498. The average molecular weight is 473 g/mol. The van der Waals surface area contributed by atoms with Crippen LogP contribution in [0.3, 0.4) is 0 Å². The normalized spacial score (nSPS) is 16.8. The molecule has 0 spiro atoms. The molecule has 0 aromatic heterocycles. The van der Waals surface area contributed by atoms with E-state index in [2.05, 4.69) is 0 Å². The van der Waals surface area contributed by atoms with Gasteiger partial charge in [0.2, 0.25) is 15.9 Å². The lowest BCUT2D eigenvalue weighted by molar-refractivity contribution is -0.132. The number of piperazine rings is 1. The summed E-state index contributed by atoms with van der Waals surface area (Å²) in [6.07, 6.45) is 0.961. The molecule has 0 saturated carbocycles. The number of amides is 1. The molecular weight excluding hydrogens is 444 g/mol. The van der Waals surface area contributed by atoms with E-state index in [9.17, 15) is 18.0 Å². The first-order valence-corrected chi connectivity index (χ1v) is 12.8. The monoisotopic (exact) mass is 472 g/mol. The molecule has 2 aromatic rings. The van der Waals surface area contributed by atoms with Gasteiger partial charge in [-0.15, -0.1) is 0 Å². The van der Waals surface area contributed by atoms with Crippen LogP contribution in [-0.4, -0.2) is 68.7 Å². The van der Waals surface area contributed by atoms with Crippen molar-refractivity contribution >= 4 is 21.7 Å². The molecule has 0 aliphatic carbocycles. The second-order valence-corrected chi connectivity index (χ2v) is 10.1. The first-order chi connectivity index (χ1) is 15.9. The summed E-state index contributed by atoms with van der Waals surface area (Å²) in [6.45, 7) is 2.29. The van der Waals surface area contributed by atoms with Crippen molar-refractivity contribution in [3.05, 3.63) is 59.7 Å². The van der Waals surface area contributed by atoms with Gasteiger partial charge in [-0.1, -0.05) is 30.3 Å². The third-order valence-electron chi connectivity index (χ3n) is 5.81. The topological polar surface area (TPSA) is 93.2 Å². The number of hydrogen-bond donors (Lipinski definition) is 0. The molecule has 33 heavy (non-hydrogen) atoms. The maximum Gasteiger partial charge on any atom is 0.223 e. The summed E-state index contributed by atoms with van der Waals surface area (Å²) in [6, 6.07) is 14.1. The summed E-state index contributed by atoms with van der Waals surface area (Å²) in [5, 5.41) is 0. The van der Waals surface area contributed by atoms with Gasteiger partial charge in [0.15, 0.2) is 17.3 Å². The van der Waals surface area contributed by atoms with Crippen molar-refractivity contribution in [3.8, 4) is 11.5 Å². The van der Waals surface area contributed by atoms with Crippen molar-refractivity contribution in [2.75, 3.05) is 39.4 Å². The fourth-order valence-electron chi connectivity index (χ4n) is 3.95. The Balaban J connectivity index is 1.26. The molecule has 1 fully saturated rings. The van der Waals surface area contributed by atoms with E-state index < -0.39 is 10.0 Å². The Kier molecular flexibility index (Phi) is 7.29. The van der Waals surface area contributed by atoms with Crippen LogP contribution >= 0.6 is 0 Å². The van der Waals surface area contributed by atoms with Crippen LogP contribution in [0.15, 0.2) is 48.5 Å². The second kappa shape index (κ2) is 10.4. The van der Waals surface area contributed by atoms with Gasteiger partial charge in [-0.05, 0) is 23.8 Å². The highest BCUT2D eigenvalue weighted by Crippen LogP contribution is 2.31. The highest BCUT2D eigenvalue weighted by molar-refractivity contribution is 7.88. The van der Waals surface area contributed by atoms with Crippen molar-refractivity contribution in [2.24, 2.45) is 0 Å². The van der Waals surface area contributed by atoms with Crippen molar-refractivity contribution in [1.82, 2.24) is 9.21 Å². The zero-order valence-electron chi connectivity index (χ0n) is 18.4. The van der Waals surface area contributed by atoms with Crippen molar-refractivity contribution < 1.29 is 27.5 Å². The second-order valence-electron chi connectivity index (χ2n) is 8.16. The number of rotatable bonds is 7. The lowest BCUT2D eigenvalue weighted by Gasteiger charge is -2.34. The molecule has 0 atom stereocenters. The van der Waals surface area contributed by atoms with Gasteiger partial charge in [-0.2, -0.15) is 4.31 Å². The Bertz CT molecular complexity index is 1100. The van der Waals surface area contributed by atoms with E-state index in [1.54, 1.807) is 35.2 Å². The molecule has 2 aliphatic rings. The molecule has 2 heterocycles. The fraction of sp³-hybridized carbons (Fsp3) is 0.417. The van der Waals surface area contributed by atoms with Gasteiger partial charge in [0.1, 0.15) is 0 Å². The smallest absolute Gasteiger partial charge is 0.223 e. The molecule has 4 rings (SSSR count). The van der Waals surface area contributed by atoms with Crippen LogP contribution in [0.1, 0.15) is 35.2 Å². The van der Waals surface area contributed by atoms with Gasteiger partial charge in [0.25, 0.3) is 0 Å². The minimum Gasteiger partial charge on any atom is -0.490 e. The van der Waals surface area contributed by atoms with E-state index in [1.165, 1.54) is 4.31 Å². The molecule has 0 N–H and O–H groups in total. The summed E-state index contributed by atoms with van der Waals surface area (Å²) in [4.78, 5) is 26.9. The molecule has 1 saturated heterocycles. The van der Waals surface area contributed by atoms with Gasteiger partial charge in [0, 0.05) is 51.0 Å². The maximum absolute atomic E-state index is 12.7. The SMILES string of the molecule is O=C(CCC(=O)N1CCN(S(=O)(=O)Cc2ccccc2)CC1)c1ccc2c(c1)OCCCO2. The molecule has 0 bridgehead atoms. The van der Waals surface area contributed by atoms with Crippen LogP contribution in [-0.2, 0) is 20.6 Å². The van der Waals surface area contributed by atoms with Crippen LogP contribution in [0.4, 0.5) is 0 Å². The van der Waals surface area contributed by atoms with Gasteiger partial charge in [-0.25, -0.2) is 8.42 Å². The van der Waals surface area contributed by atoms with Crippen molar-refractivity contribution in [3.63, 3.8) is 0 Å². The highest BCUT2D eigenvalue weighted by atomic mass is 32.2. The number of hydrogen-bond acceptors (Lipinski definition) is 6. The third kappa shape index (κ3) is 5.91. The number of fused-ring (bicyclic) bond motifs is 1. The van der Waals surface area contributed by atoms with E-state index >= 15 is 0 Å². The number of carbonyl (C=O) groups excluding carboxylic acids is 2. The summed E-state index contributed by atoms with van der Waals surface area (Å²) in [7, 11) is -3.44. The molecule has 2 aliphatic heterocycles. The first-order valence-electron chi connectivity index (χ1n) is 11.1. The lowest BCUT2D eigenvalue weighted by atomic mass is 10.1. The van der Waals surface area contributed by atoms with E-state index in [0.717, 1.165) is 12.0 Å². The van der Waals surface area contributed by atoms with Crippen LogP contribution < -0.4 is 9.47 Å². The lowest BCUT2D eigenvalue weighted by Crippen LogP contribution is -2.50. The molecule has 0 radical (unpaired) electrons. The number of carbonyl (C=O) groups is 2. The van der Waals surface area contributed by atoms with E-state index in [4.69, 9.17) is 9.47 Å². The summed E-state index contributed by atoms with van der Waals surface area (Å²) < 4.78 is 38.0. The van der Waals surface area contributed by atoms with Crippen LogP contribution in [0, 0.1) is 0 Å². The molecule has 2 aromatic carbocycles. The summed E-state index contributed by atoms with van der Waals surface area (Å²) in [5.74, 6) is 0.852. The van der Waals surface area contributed by atoms with Gasteiger partial charge in [0.05, 0.1) is 19.0 Å². The number of ether oxygens (including phenoxy) is 2. The molecular formula is C24H28N2O6S. The van der Waals surface area contributed by atoms with E-state index in [1.807, 2.05) is 18.2 Å². The Labute approximate surface area is 194 Å². The largest absolute Gasteiger partial charge is 0.490 e. The third-order valence-corrected chi connectivity index (χ3v) is 7.66. The van der Waals surface area contributed by atoms with Crippen LogP contribution in [0.2, 0.25) is 0 Å². The molecule has 9 heteroatoms. The standard InChI is InChI=1S/C24H28N2O6S/c27-21(20-7-9-22-23(17-20)32-16-4-15-31-22)8-10-24(28)25-11-13-26(14-12-25)33(29,30)18-19-5-2-1-3-6-19/h1-3,5-7,9,17H,4,8,10-16,18H2. The quantitative estimate of drug-likeness (QED) is 0.575. The van der Waals surface area contributed by atoms with Crippen molar-refractivity contribution in [1.29, 1.82) is 0 Å². The average Bonchev–Trinajstić information content (AvgIpc) is 3.07. The molecule has 176 valence electrons. The first kappa shape index (κ1) is 23.3. The Morgan fingerprint density at radius 3 is 2.27 bits per heavy atom. The van der Waals surface area contributed by atoms with E-state index in [0.29, 0.717) is 43.4 Å². The van der Waals surface area contributed by atoms with Gasteiger partial charge >= 0.3 is 0 Å². The van der Waals surface area contributed by atoms with Gasteiger partial charge in [-0.3, -0.25) is 9.59 Å². The number of nitrogens with zero attached hydrogens (tertiary/aromatic N) is 2. The zero-order chi connectivity index (χ0) is 23.3. The van der Waals surface area contributed by atoms with Crippen LogP contribution in [0.5, 0.6) is 11.5 Å². The summed E-state index contributed by atoms with van der Waals surface area (Å²) >= 11 is 0. The predicted octanol–water partition coefficient (Wildman–Crippen LogP) is 2.48. The molecule has 1 amide bonds. The Hall–Kier alpha value is -2.91. The number of sulfonamides is 1. The van der Waals surface area contributed by atoms with Crippen molar-refractivity contribution in [2.45, 2.75) is 25.0 Å². The summed E-state index contributed by atoms with van der Waals surface area (Å²) in [5.41, 5.74) is 1.23. The Morgan fingerprint density at radius 2 is 1.55 bits per heavy atom. The van der Waals surface area contributed by atoms with E-state index in [-0.39, 0.29) is 43.4 Å². The number of benzene rings is 2. The minimum atomic E-state index is -3.44. The van der Waals surface area contributed by atoms with Gasteiger partial charge < -0.3 is 14.4 Å². The highest BCUT2D eigenvalue weighted by Gasteiger charge is 2.29. The maximum atomic E-state index is 12.7. The number of ketones is 1. The van der Waals surface area contributed by atoms with Crippen LogP contribution in [0.25, 0.3) is 0 Å². The molecule has 8 nitrogen and oxygen atoms in total. The predicted molar refractivity (Wildman–Crippen MR) is 123 cm³/mol. The number of Topliss-reactive ketones (excluding diaryl/α,β-unsaturated/α-hetero) is 1. The fourth-order valence-corrected chi connectivity index (χ4v) is 5.47.